The van der Waals surface area contributed by atoms with Gasteiger partial charge in [-0.15, -0.1) is 0 Å². The normalized spacial score (nSPS) is 31.2. The van der Waals surface area contributed by atoms with Crippen LogP contribution in [0.2, 0.25) is 0 Å². The Morgan fingerprint density at radius 1 is 1.16 bits per heavy atom. The van der Waals surface area contributed by atoms with Crippen LogP contribution in [0.1, 0.15) is 34.1 Å². The van der Waals surface area contributed by atoms with Crippen molar-refractivity contribution in [2.24, 2.45) is 0 Å². The molecule has 0 bridgehead atoms. The summed E-state index contributed by atoms with van der Waals surface area (Å²) in [5.41, 5.74) is 0.824. The molecule has 2 saturated heterocycles. The highest BCUT2D eigenvalue weighted by Crippen LogP contribution is 2.39. The summed E-state index contributed by atoms with van der Waals surface area (Å²) in [4.78, 5) is 2.48. The number of ether oxygens (including phenoxy) is 1. The van der Waals surface area contributed by atoms with Crippen LogP contribution in [-0.4, -0.2) is 55.6 Å². The van der Waals surface area contributed by atoms with Crippen LogP contribution in [0.25, 0.3) is 0 Å². The van der Waals surface area contributed by atoms with Crippen molar-refractivity contribution in [2.75, 3.05) is 26.3 Å². The molecule has 0 atom stereocenters. The summed E-state index contributed by atoms with van der Waals surface area (Å²) < 4.78 is 17.5. The van der Waals surface area contributed by atoms with E-state index >= 15 is 0 Å². The maximum atomic E-state index is 6.11. The van der Waals surface area contributed by atoms with Gasteiger partial charge in [-0.3, -0.25) is 4.90 Å². The largest absolute Gasteiger partial charge is 0.490 e. The molecule has 5 heteroatoms. The van der Waals surface area contributed by atoms with Gasteiger partial charge in [-0.25, -0.2) is 0 Å². The summed E-state index contributed by atoms with van der Waals surface area (Å²) in [7, 11) is -0.162. The Bertz CT molecular complexity index is 374. The van der Waals surface area contributed by atoms with Crippen LogP contribution in [0.3, 0.4) is 0 Å². The molecular weight excluding hydrogens is 241 g/mol. The first-order valence-electron chi connectivity index (χ1n) is 7.25. The lowest BCUT2D eigenvalue weighted by Gasteiger charge is -2.39. The zero-order chi connectivity index (χ0) is 13.7. The average Bonchev–Trinajstić information content (AvgIpc) is 2.47. The molecule has 0 N–H and O–H groups in total. The van der Waals surface area contributed by atoms with Crippen molar-refractivity contribution < 1.29 is 14.0 Å². The van der Waals surface area contributed by atoms with Crippen LogP contribution < -0.4 is 0 Å². The number of rotatable bonds is 2. The smallest absolute Gasteiger partial charge is 0.400 e. The van der Waals surface area contributed by atoms with Crippen LogP contribution in [0.5, 0.6) is 0 Å². The molecule has 106 valence electrons. The third-order valence-electron chi connectivity index (χ3n) is 4.97. The fraction of sp³-hybridized carbons (Fsp3) is 0.857. The summed E-state index contributed by atoms with van der Waals surface area (Å²) >= 11 is 0. The van der Waals surface area contributed by atoms with Gasteiger partial charge in [0.1, 0.15) is 0 Å². The Kier molecular flexibility index (Phi) is 3.29. The number of hydrogen-bond acceptors (Lipinski definition) is 4. The maximum Gasteiger partial charge on any atom is 0.490 e. The Balaban J connectivity index is 1.63. The van der Waals surface area contributed by atoms with E-state index in [1.165, 1.54) is 5.47 Å². The quantitative estimate of drug-likeness (QED) is 0.710. The zero-order valence-corrected chi connectivity index (χ0v) is 12.4. The van der Waals surface area contributed by atoms with E-state index in [-0.39, 0.29) is 18.3 Å². The second kappa shape index (κ2) is 4.59. The average molecular weight is 265 g/mol. The van der Waals surface area contributed by atoms with Crippen molar-refractivity contribution in [3.8, 4) is 0 Å². The molecule has 0 aliphatic carbocycles. The highest BCUT2D eigenvalue weighted by molar-refractivity contribution is 6.54. The van der Waals surface area contributed by atoms with Crippen molar-refractivity contribution in [1.82, 2.24) is 4.90 Å². The van der Waals surface area contributed by atoms with E-state index in [9.17, 15) is 0 Å². The van der Waals surface area contributed by atoms with Crippen molar-refractivity contribution in [3.05, 3.63) is 11.5 Å². The minimum absolute atomic E-state index is 0.162. The Labute approximate surface area is 116 Å². The SMILES string of the molecule is CC1(C)OB(C2=CCN(C3COC3)CC2)OC1(C)C. The summed E-state index contributed by atoms with van der Waals surface area (Å²) in [6.45, 7) is 12.3. The molecule has 19 heavy (non-hydrogen) atoms. The second-order valence-corrected chi connectivity index (χ2v) is 6.80. The van der Waals surface area contributed by atoms with Gasteiger partial charge < -0.3 is 14.0 Å². The minimum Gasteiger partial charge on any atom is -0.400 e. The van der Waals surface area contributed by atoms with Gasteiger partial charge in [0.2, 0.25) is 0 Å². The van der Waals surface area contributed by atoms with E-state index in [1.54, 1.807) is 0 Å². The van der Waals surface area contributed by atoms with E-state index in [1.807, 2.05) is 0 Å². The molecule has 3 heterocycles. The molecule has 4 nitrogen and oxygen atoms in total. The van der Waals surface area contributed by atoms with E-state index in [2.05, 4.69) is 38.7 Å². The molecule has 0 unspecified atom stereocenters. The fourth-order valence-electron chi connectivity index (χ4n) is 2.67. The highest BCUT2D eigenvalue weighted by atomic mass is 16.7. The zero-order valence-electron chi connectivity index (χ0n) is 12.4. The van der Waals surface area contributed by atoms with Gasteiger partial charge in [0.25, 0.3) is 0 Å². The van der Waals surface area contributed by atoms with Crippen LogP contribution in [-0.2, 0) is 14.0 Å². The lowest BCUT2D eigenvalue weighted by molar-refractivity contribution is -0.0618. The molecule has 0 amide bonds. The predicted molar refractivity (Wildman–Crippen MR) is 75.0 cm³/mol. The van der Waals surface area contributed by atoms with Gasteiger partial charge in [-0.1, -0.05) is 6.08 Å². The van der Waals surface area contributed by atoms with Crippen LogP contribution >= 0.6 is 0 Å². The summed E-state index contributed by atoms with van der Waals surface area (Å²) in [6.07, 6.45) is 3.32. The molecule has 0 spiro atoms. The number of hydrogen-bond donors (Lipinski definition) is 0. The van der Waals surface area contributed by atoms with Crippen molar-refractivity contribution in [2.45, 2.75) is 51.4 Å². The van der Waals surface area contributed by atoms with Gasteiger partial charge >= 0.3 is 7.12 Å². The summed E-state index contributed by atoms with van der Waals surface area (Å²) in [5.74, 6) is 0. The van der Waals surface area contributed by atoms with E-state index in [4.69, 9.17) is 14.0 Å². The van der Waals surface area contributed by atoms with Gasteiger partial charge in [0.15, 0.2) is 0 Å². The van der Waals surface area contributed by atoms with Gasteiger partial charge in [0.05, 0.1) is 30.5 Å². The molecule has 0 radical (unpaired) electrons. The van der Waals surface area contributed by atoms with Crippen molar-refractivity contribution in [1.29, 1.82) is 0 Å². The molecule has 0 aromatic rings. The van der Waals surface area contributed by atoms with Gasteiger partial charge in [0, 0.05) is 13.1 Å². The molecule has 0 aromatic heterocycles. The van der Waals surface area contributed by atoms with Crippen LogP contribution in [0.15, 0.2) is 11.5 Å². The van der Waals surface area contributed by atoms with E-state index < -0.39 is 0 Å². The highest BCUT2D eigenvalue weighted by Gasteiger charge is 2.52. The van der Waals surface area contributed by atoms with Crippen LogP contribution in [0.4, 0.5) is 0 Å². The Hall–Kier alpha value is -0.355. The molecule has 0 saturated carbocycles. The summed E-state index contributed by atoms with van der Waals surface area (Å²) in [5, 5.41) is 0. The van der Waals surface area contributed by atoms with Gasteiger partial charge in [-0.2, -0.15) is 0 Å². The Morgan fingerprint density at radius 2 is 1.79 bits per heavy atom. The maximum absolute atomic E-state index is 6.11. The minimum atomic E-state index is -0.239. The molecule has 3 aliphatic rings. The fourth-order valence-corrected chi connectivity index (χ4v) is 2.67. The first kappa shape index (κ1) is 13.6. The van der Waals surface area contributed by atoms with E-state index in [0.29, 0.717) is 6.04 Å². The second-order valence-electron chi connectivity index (χ2n) is 6.80. The monoisotopic (exact) mass is 265 g/mol. The lowest BCUT2D eigenvalue weighted by Crippen LogP contribution is -2.51. The first-order chi connectivity index (χ1) is 8.89. The van der Waals surface area contributed by atoms with Crippen molar-refractivity contribution >= 4 is 7.12 Å². The van der Waals surface area contributed by atoms with Crippen molar-refractivity contribution in [3.63, 3.8) is 0 Å². The standard InChI is InChI=1S/C14H24BNO3/c1-13(2)14(3,4)19-15(18-13)11-5-7-16(8-6-11)12-9-17-10-12/h5,12H,6-10H2,1-4H3. The third kappa shape index (κ3) is 2.37. The first-order valence-corrected chi connectivity index (χ1v) is 7.25. The molecule has 2 fully saturated rings. The molecular formula is C14H24BNO3. The Morgan fingerprint density at radius 3 is 2.21 bits per heavy atom. The van der Waals surface area contributed by atoms with Gasteiger partial charge in [-0.05, 0) is 39.6 Å². The van der Waals surface area contributed by atoms with Crippen LogP contribution in [0, 0.1) is 0 Å². The lowest BCUT2D eigenvalue weighted by atomic mass is 9.74. The third-order valence-corrected chi connectivity index (χ3v) is 4.97. The predicted octanol–water partition coefficient (Wildman–Crippen LogP) is 1.65. The molecule has 0 aromatic carbocycles. The number of nitrogens with zero attached hydrogens (tertiary/aromatic N) is 1. The topological polar surface area (TPSA) is 30.9 Å². The van der Waals surface area contributed by atoms with E-state index in [0.717, 1.165) is 32.7 Å². The summed E-state index contributed by atoms with van der Waals surface area (Å²) in [6, 6.07) is 0.621. The molecule has 3 rings (SSSR count). The molecule has 3 aliphatic heterocycles.